The van der Waals surface area contributed by atoms with Crippen molar-refractivity contribution in [2.24, 2.45) is 0 Å². The lowest BCUT2D eigenvalue weighted by Crippen LogP contribution is -2.49. The number of ether oxygens (including phenoxy) is 1. The van der Waals surface area contributed by atoms with E-state index >= 15 is 0 Å². The standard InChI is InChI=1S/C12H23N3O5S/c1-14(2)21(18,19)15-8-6-10(7-9-15)13-11(16)4-5-12(17)20-3/h10H,4-9H2,1-3H3,(H,13,16). The van der Waals surface area contributed by atoms with Crippen LogP contribution in [0.3, 0.4) is 0 Å². The van der Waals surface area contributed by atoms with E-state index in [1.807, 2.05) is 0 Å². The van der Waals surface area contributed by atoms with Crippen molar-refractivity contribution < 1.29 is 22.7 Å². The summed E-state index contributed by atoms with van der Waals surface area (Å²) in [6, 6.07) is -0.0521. The Morgan fingerprint density at radius 3 is 2.29 bits per heavy atom. The Labute approximate surface area is 125 Å². The molecule has 21 heavy (non-hydrogen) atoms. The molecule has 1 aliphatic rings. The SMILES string of the molecule is COC(=O)CCC(=O)NC1CCN(S(=O)(=O)N(C)C)CC1. The maximum atomic E-state index is 11.9. The van der Waals surface area contributed by atoms with E-state index in [0.29, 0.717) is 25.9 Å². The van der Waals surface area contributed by atoms with Crippen LogP contribution in [0.1, 0.15) is 25.7 Å². The van der Waals surface area contributed by atoms with Crippen LogP contribution in [0.15, 0.2) is 0 Å². The molecule has 1 amide bonds. The smallest absolute Gasteiger partial charge is 0.306 e. The molecule has 0 aromatic heterocycles. The molecule has 122 valence electrons. The number of carbonyl (C=O) groups is 2. The van der Waals surface area contributed by atoms with Gasteiger partial charge < -0.3 is 10.1 Å². The molecule has 0 spiro atoms. The van der Waals surface area contributed by atoms with Crippen molar-refractivity contribution in [3.63, 3.8) is 0 Å². The highest BCUT2D eigenvalue weighted by atomic mass is 32.2. The molecule has 1 fully saturated rings. The summed E-state index contributed by atoms with van der Waals surface area (Å²) in [7, 11) is 0.887. The highest BCUT2D eigenvalue weighted by Crippen LogP contribution is 2.15. The van der Waals surface area contributed by atoms with Crippen LogP contribution in [-0.2, 0) is 24.5 Å². The number of carbonyl (C=O) groups excluding carboxylic acids is 2. The predicted octanol–water partition coefficient (Wildman–Crippen LogP) is -0.673. The quantitative estimate of drug-likeness (QED) is 0.654. The van der Waals surface area contributed by atoms with E-state index < -0.39 is 16.2 Å². The summed E-state index contributed by atoms with van der Waals surface area (Å²) in [4.78, 5) is 22.6. The number of amides is 1. The zero-order chi connectivity index (χ0) is 16.0. The molecule has 0 unspecified atom stereocenters. The molecule has 1 aliphatic heterocycles. The van der Waals surface area contributed by atoms with Crippen molar-refractivity contribution in [2.45, 2.75) is 31.7 Å². The third-order valence-electron chi connectivity index (χ3n) is 3.39. The molecule has 9 heteroatoms. The molecule has 0 radical (unpaired) electrons. The van der Waals surface area contributed by atoms with Crippen LogP contribution in [0.5, 0.6) is 0 Å². The third kappa shape index (κ3) is 5.25. The van der Waals surface area contributed by atoms with Gasteiger partial charge in [-0.1, -0.05) is 0 Å². The van der Waals surface area contributed by atoms with Crippen molar-refractivity contribution >= 4 is 22.1 Å². The van der Waals surface area contributed by atoms with Crippen molar-refractivity contribution in [2.75, 3.05) is 34.3 Å². The first-order valence-corrected chi connectivity index (χ1v) is 8.21. The molecule has 0 aromatic rings. The van der Waals surface area contributed by atoms with Gasteiger partial charge in [0, 0.05) is 39.6 Å². The van der Waals surface area contributed by atoms with Gasteiger partial charge in [0.05, 0.1) is 13.5 Å². The van der Waals surface area contributed by atoms with Crippen molar-refractivity contribution in [1.29, 1.82) is 0 Å². The summed E-state index contributed by atoms with van der Waals surface area (Å²) in [6.07, 6.45) is 1.27. The number of methoxy groups -OCH3 is 1. The van der Waals surface area contributed by atoms with Gasteiger partial charge in [0.15, 0.2) is 0 Å². The zero-order valence-electron chi connectivity index (χ0n) is 12.7. The fraction of sp³-hybridized carbons (Fsp3) is 0.833. The van der Waals surface area contributed by atoms with Gasteiger partial charge >= 0.3 is 5.97 Å². The summed E-state index contributed by atoms with van der Waals surface area (Å²) in [5, 5.41) is 2.82. The summed E-state index contributed by atoms with van der Waals surface area (Å²) in [5.74, 6) is -0.633. The fourth-order valence-electron chi connectivity index (χ4n) is 2.08. The molecule has 1 rings (SSSR count). The Hall–Kier alpha value is -1.19. The molecule has 0 atom stereocenters. The van der Waals surface area contributed by atoms with Crippen molar-refractivity contribution in [3.8, 4) is 0 Å². The van der Waals surface area contributed by atoms with E-state index in [2.05, 4.69) is 10.1 Å². The Balaban J connectivity index is 2.37. The summed E-state index contributed by atoms with van der Waals surface area (Å²) in [5.41, 5.74) is 0. The van der Waals surface area contributed by atoms with E-state index in [-0.39, 0.29) is 24.8 Å². The molecule has 1 N–H and O–H groups in total. The van der Waals surface area contributed by atoms with Crippen LogP contribution in [-0.4, -0.2) is 69.2 Å². The average molecular weight is 321 g/mol. The number of rotatable bonds is 6. The topological polar surface area (TPSA) is 96.0 Å². The molecule has 0 bridgehead atoms. The third-order valence-corrected chi connectivity index (χ3v) is 5.33. The highest BCUT2D eigenvalue weighted by Gasteiger charge is 2.29. The monoisotopic (exact) mass is 321 g/mol. The summed E-state index contributed by atoms with van der Waals surface area (Å²) in [6.45, 7) is 0.755. The van der Waals surface area contributed by atoms with Crippen LogP contribution >= 0.6 is 0 Å². The van der Waals surface area contributed by atoms with Gasteiger partial charge in [0.1, 0.15) is 0 Å². The van der Waals surface area contributed by atoms with Gasteiger partial charge in [-0.25, -0.2) is 0 Å². The van der Waals surface area contributed by atoms with Crippen LogP contribution in [0.25, 0.3) is 0 Å². The Kier molecular flexibility index (Phi) is 6.56. The van der Waals surface area contributed by atoms with Crippen LogP contribution < -0.4 is 5.32 Å². The fourth-order valence-corrected chi connectivity index (χ4v) is 3.21. The molecule has 0 aromatic carbocycles. The van der Waals surface area contributed by atoms with Crippen LogP contribution in [0.4, 0.5) is 0 Å². The number of esters is 1. The first-order valence-electron chi connectivity index (χ1n) is 6.81. The molecule has 0 aliphatic carbocycles. The van der Waals surface area contributed by atoms with Crippen LogP contribution in [0.2, 0.25) is 0 Å². The van der Waals surface area contributed by atoms with Gasteiger partial charge in [0.2, 0.25) is 5.91 Å². The van der Waals surface area contributed by atoms with E-state index in [1.54, 1.807) is 0 Å². The largest absolute Gasteiger partial charge is 0.469 e. The minimum Gasteiger partial charge on any atom is -0.469 e. The number of piperidine rings is 1. The summed E-state index contributed by atoms with van der Waals surface area (Å²) < 4.78 is 30.9. The van der Waals surface area contributed by atoms with E-state index in [4.69, 9.17) is 0 Å². The first-order chi connectivity index (χ1) is 9.77. The molecule has 1 saturated heterocycles. The molecule has 8 nitrogen and oxygen atoms in total. The molecule has 1 heterocycles. The van der Waals surface area contributed by atoms with Gasteiger partial charge in [-0.05, 0) is 12.8 Å². The molecular formula is C12H23N3O5S. The molecule has 0 saturated carbocycles. The molecular weight excluding hydrogens is 298 g/mol. The highest BCUT2D eigenvalue weighted by molar-refractivity contribution is 7.86. The number of hydrogen-bond donors (Lipinski definition) is 1. The van der Waals surface area contributed by atoms with Crippen molar-refractivity contribution in [1.82, 2.24) is 13.9 Å². The second-order valence-corrected chi connectivity index (χ2v) is 7.25. The lowest BCUT2D eigenvalue weighted by molar-refractivity contribution is -0.142. The Morgan fingerprint density at radius 2 is 1.81 bits per heavy atom. The zero-order valence-corrected chi connectivity index (χ0v) is 13.5. The second-order valence-electron chi connectivity index (χ2n) is 5.11. The summed E-state index contributed by atoms with van der Waals surface area (Å²) >= 11 is 0. The number of nitrogens with one attached hydrogen (secondary N) is 1. The van der Waals surface area contributed by atoms with Gasteiger partial charge in [0.25, 0.3) is 10.2 Å². The lowest BCUT2D eigenvalue weighted by atomic mass is 10.1. The van der Waals surface area contributed by atoms with E-state index in [0.717, 1.165) is 0 Å². The first kappa shape index (κ1) is 17.9. The Morgan fingerprint density at radius 1 is 1.24 bits per heavy atom. The van der Waals surface area contributed by atoms with E-state index in [1.165, 1.54) is 29.8 Å². The minimum absolute atomic E-state index is 0.0518. The number of hydrogen-bond acceptors (Lipinski definition) is 5. The predicted molar refractivity (Wildman–Crippen MR) is 76.6 cm³/mol. The maximum absolute atomic E-state index is 11.9. The van der Waals surface area contributed by atoms with Gasteiger partial charge in [-0.15, -0.1) is 0 Å². The van der Waals surface area contributed by atoms with Gasteiger partial charge in [-0.3, -0.25) is 9.59 Å². The second kappa shape index (κ2) is 7.71. The Bertz CT molecular complexity index is 469. The lowest BCUT2D eigenvalue weighted by Gasteiger charge is -2.33. The van der Waals surface area contributed by atoms with E-state index in [9.17, 15) is 18.0 Å². The van der Waals surface area contributed by atoms with Gasteiger partial charge in [-0.2, -0.15) is 17.0 Å². The van der Waals surface area contributed by atoms with Crippen LogP contribution in [0, 0.1) is 0 Å². The van der Waals surface area contributed by atoms with Crippen molar-refractivity contribution in [3.05, 3.63) is 0 Å². The number of nitrogens with zero attached hydrogens (tertiary/aromatic N) is 2. The average Bonchev–Trinajstić information content (AvgIpc) is 2.45. The normalized spacial score (nSPS) is 17.7. The minimum atomic E-state index is -3.38. The maximum Gasteiger partial charge on any atom is 0.306 e.